The van der Waals surface area contributed by atoms with E-state index in [0.717, 1.165) is 0 Å². The normalized spacial score (nSPS) is 11.7. The molecule has 1 amide bonds. The zero-order valence-electron chi connectivity index (χ0n) is 16.6. The second-order valence-corrected chi connectivity index (χ2v) is 6.58. The Labute approximate surface area is 169 Å². The molecular formula is C21H24N4O4. The van der Waals surface area contributed by atoms with Crippen molar-refractivity contribution in [3.63, 3.8) is 0 Å². The molecule has 1 aromatic heterocycles. The number of hydrogen-bond acceptors (Lipinski definition) is 6. The van der Waals surface area contributed by atoms with Gasteiger partial charge in [-0.15, -0.1) is 0 Å². The minimum absolute atomic E-state index is 0.196. The molecule has 0 radical (unpaired) electrons. The number of carbonyl (C=O) groups is 1. The van der Waals surface area contributed by atoms with Gasteiger partial charge in [-0.2, -0.15) is 5.10 Å². The Bertz CT molecular complexity index is 969. The van der Waals surface area contributed by atoms with Crippen LogP contribution in [0.25, 0.3) is 0 Å². The molecule has 0 fully saturated rings. The van der Waals surface area contributed by atoms with Crippen molar-refractivity contribution in [3.05, 3.63) is 60.3 Å². The van der Waals surface area contributed by atoms with Gasteiger partial charge in [0.15, 0.2) is 5.82 Å². The lowest BCUT2D eigenvalue weighted by atomic mass is 10.2. The summed E-state index contributed by atoms with van der Waals surface area (Å²) < 4.78 is 18.5. The number of nitrogens with one attached hydrogen (secondary N) is 1. The lowest BCUT2D eigenvalue weighted by Gasteiger charge is -2.16. The SMILES string of the molecule is COC[C@H](C)Oc1cc(Oc2ccc(N)cc2)cc(C(=O)Nc2ccn(C)n2)c1. The zero-order valence-corrected chi connectivity index (χ0v) is 16.6. The number of nitrogens with two attached hydrogens (primary N) is 1. The van der Waals surface area contributed by atoms with Crippen molar-refractivity contribution in [2.24, 2.45) is 7.05 Å². The third-order valence-corrected chi connectivity index (χ3v) is 3.95. The molecule has 0 unspecified atom stereocenters. The van der Waals surface area contributed by atoms with Crippen LogP contribution in [-0.4, -0.2) is 35.5 Å². The average molecular weight is 396 g/mol. The first-order chi connectivity index (χ1) is 13.9. The van der Waals surface area contributed by atoms with Crippen molar-refractivity contribution in [1.82, 2.24) is 9.78 Å². The first-order valence-electron chi connectivity index (χ1n) is 9.08. The van der Waals surface area contributed by atoms with Crippen LogP contribution in [0.3, 0.4) is 0 Å². The molecule has 0 aliphatic heterocycles. The molecule has 0 saturated carbocycles. The smallest absolute Gasteiger partial charge is 0.257 e. The Balaban J connectivity index is 1.86. The molecule has 152 valence electrons. The standard InChI is InChI=1S/C21H24N4O4/c1-14(13-27-3)28-18-10-15(21(26)23-20-8-9-25(2)24-20)11-19(12-18)29-17-6-4-16(22)5-7-17/h4-12,14H,13,22H2,1-3H3,(H,23,24,26)/t14-/m0/s1. The number of nitrogens with zero attached hydrogens (tertiary/aromatic N) is 2. The molecule has 29 heavy (non-hydrogen) atoms. The van der Waals surface area contributed by atoms with Crippen molar-refractivity contribution in [2.75, 3.05) is 24.8 Å². The number of amides is 1. The van der Waals surface area contributed by atoms with Gasteiger partial charge in [-0.25, -0.2) is 0 Å². The summed E-state index contributed by atoms with van der Waals surface area (Å²) in [5, 5.41) is 6.92. The molecule has 0 saturated heterocycles. The van der Waals surface area contributed by atoms with Gasteiger partial charge in [0.05, 0.1) is 6.61 Å². The summed E-state index contributed by atoms with van der Waals surface area (Å²) in [5.41, 5.74) is 6.73. The van der Waals surface area contributed by atoms with E-state index < -0.39 is 0 Å². The van der Waals surface area contributed by atoms with Gasteiger partial charge in [0.25, 0.3) is 5.91 Å². The van der Waals surface area contributed by atoms with Gasteiger partial charge < -0.3 is 25.3 Å². The van der Waals surface area contributed by atoms with Gasteiger partial charge >= 0.3 is 0 Å². The number of anilines is 2. The maximum absolute atomic E-state index is 12.7. The lowest BCUT2D eigenvalue weighted by Crippen LogP contribution is -2.18. The highest BCUT2D eigenvalue weighted by atomic mass is 16.5. The largest absolute Gasteiger partial charge is 0.488 e. The Morgan fingerprint density at radius 2 is 1.86 bits per heavy atom. The molecule has 3 aromatic rings. The quantitative estimate of drug-likeness (QED) is 0.566. The zero-order chi connectivity index (χ0) is 20.8. The van der Waals surface area contributed by atoms with Crippen molar-refractivity contribution >= 4 is 17.4 Å². The van der Waals surface area contributed by atoms with Crippen molar-refractivity contribution in [3.8, 4) is 17.2 Å². The first-order valence-corrected chi connectivity index (χ1v) is 9.08. The van der Waals surface area contributed by atoms with E-state index in [-0.39, 0.29) is 12.0 Å². The highest BCUT2D eigenvalue weighted by Crippen LogP contribution is 2.29. The van der Waals surface area contributed by atoms with Gasteiger partial charge in [0.2, 0.25) is 0 Å². The number of hydrogen-bond donors (Lipinski definition) is 2. The Morgan fingerprint density at radius 1 is 1.14 bits per heavy atom. The van der Waals surface area contributed by atoms with Crippen LogP contribution in [0.1, 0.15) is 17.3 Å². The van der Waals surface area contributed by atoms with Crippen molar-refractivity contribution in [1.29, 1.82) is 0 Å². The molecule has 1 heterocycles. The van der Waals surface area contributed by atoms with Crippen LogP contribution in [0.4, 0.5) is 11.5 Å². The van der Waals surface area contributed by atoms with Gasteiger partial charge in [-0.05, 0) is 43.3 Å². The van der Waals surface area contributed by atoms with Gasteiger partial charge in [-0.3, -0.25) is 9.48 Å². The second-order valence-electron chi connectivity index (χ2n) is 6.58. The van der Waals surface area contributed by atoms with Crippen LogP contribution in [0.2, 0.25) is 0 Å². The minimum Gasteiger partial charge on any atom is -0.488 e. The van der Waals surface area contributed by atoms with Crippen LogP contribution in [-0.2, 0) is 11.8 Å². The number of nitrogen functional groups attached to an aromatic ring is 1. The van der Waals surface area contributed by atoms with E-state index in [1.54, 1.807) is 73.6 Å². The van der Waals surface area contributed by atoms with Crippen LogP contribution in [0, 0.1) is 0 Å². The number of methoxy groups -OCH3 is 1. The predicted octanol–water partition coefficient (Wildman–Crippen LogP) is 3.46. The average Bonchev–Trinajstić information content (AvgIpc) is 3.08. The molecule has 8 heteroatoms. The van der Waals surface area contributed by atoms with E-state index in [0.29, 0.717) is 40.9 Å². The monoisotopic (exact) mass is 396 g/mol. The molecule has 0 spiro atoms. The molecule has 0 aliphatic rings. The van der Waals surface area contributed by atoms with E-state index >= 15 is 0 Å². The number of benzene rings is 2. The number of rotatable bonds is 8. The predicted molar refractivity (Wildman–Crippen MR) is 110 cm³/mol. The maximum Gasteiger partial charge on any atom is 0.257 e. The van der Waals surface area contributed by atoms with Crippen LogP contribution in [0.15, 0.2) is 54.7 Å². The summed E-state index contributed by atoms with van der Waals surface area (Å²) in [5.74, 6) is 1.68. The van der Waals surface area contributed by atoms with Gasteiger partial charge in [0.1, 0.15) is 23.4 Å². The van der Waals surface area contributed by atoms with Crippen molar-refractivity contribution < 1.29 is 19.0 Å². The summed E-state index contributed by atoms with van der Waals surface area (Å²) in [6.45, 7) is 2.29. The lowest BCUT2D eigenvalue weighted by molar-refractivity contribution is 0.0915. The van der Waals surface area contributed by atoms with Crippen LogP contribution < -0.4 is 20.5 Å². The fourth-order valence-electron chi connectivity index (χ4n) is 2.67. The summed E-state index contributed by atoms with van der Waals surface area (Å²) >= 11 is 0. The van der Waals surface area contributed by atoms with Crippen LogP contribution in [0.5, 0.6) is 17.2 Å². The Morgan fingerprint density at radius 3 is 2.52 bits per heavy atom. The summed E-state index contributed by atoms with van der Waals surface area (Å²) in [6, 6.07) is 13.7. The Kier molecular flexibility index (Phi) is 6.36. The number of ether oxygens (including phenoxy) is 3. The first kappa shape index (κ1) is 20.2. The molecule has 2 aromatic carbocycles. The van der Waals surface area contributed by atoms with E-state index in [4.69, 9.17) is 19.9 Å². The third kappa shape index (κ3) is 5.73. The molecule has 3 rings (SSSR count). The fourth-order valence-corrected chi connectivity index (χ4v) is 2.67. The molecule has 8 nitrogen and oxygen atoms in total. The number of aryl methyl sites for hydroxylation is 1. The molecule has 1 atom stereocenters. The summed E-state index contributed by atoms with van der Waals surface area (Å²) in [7, 11) is 3.38. The topological polar surface area (TPSA) is 101 Å². The second kappa shape index (κ2) is 9.11. The molecular weight excluding hydrogens is 372 g/mol. The number of aromatic nitrogens is 2. The van der Waals surface area contributed by atoms with E-state index in [9.17, 15) is 4.79 Å². The number of carbonyl (C=O) groups excluding carboxylic acids is 1. The highest BCUT2D eigenvalue weighted by Gasteiger charge is 2.14. The van der Waals surface area contributed by atoms with Crippen LogP contribution >= 0.6 is 0 Å². The molecule has 0 bridgehead atoms. The Hall–Kier alpha value is -3.52. The third-order valence-electron chi connectivity index (χ3n) is 3.95. The van der Waals surface area contributed by atoms with Gasteiger partial charge in [-0.1, -0.05) is 0 Å². The van der Waals surface area contributed by atoms with Gasteiger partial charge in [0, 0.05) is 43.7 Å². The van der Waals surface area contributed by atoms with E-state index in [2.05, 4.69) is 10.4 Å². The molecule has 0 aliphatic carbocycles. The summed E-state index contributed by atoms with van der Waals surface area (Å²) in [4.78, 5) is 12.7. The van der Waals surface area contributed by atoms with E-state index in [1.165, 1.54) is 0 Å². The highest BCUT2D eigenvalue weighted by molar-refractivity contribution is 6.04. The van der Waals surface area contributed by atoms with Crippen molar-refractivity contribution in [2.45, 2.75) is 13.0 Å². The van der Waals surface area contributed by atoms with E-state index in [1.807, 2.05) is 6.92 Å². The minimum atomic E-state index is -0.323. The molecule has 3 N–H and O–H groups in total. The summed E-state index contributed by atoms with van der Waals surface area (Å²) in [6.07, 6.45) is 1.55. The maximum atomic E-state index is 12.7. The fraction of sp³-hybridized carbons (Fsp3) is 0.238.